The van der Waals surface area contributed by atoms with E-state index in [1.807, 2.05) is 0 Å². The Kier molecular flexibility index (Phi) is 4.95. The van der Waals surface area contributed by atoms with Crippen molar-refractivity contribution in [3.63, 3.8) is 0 Å². The van der Waals surface area contributed by atoms with E-state index in [1.165, 1.54) is 30.3 Å². The Morgan fingerprint density at radius 1 is 1.17 bits per heavy atom. The van der Waals surface area contributed by atoms with Gasteiger partial charge in [-0.1, -0.05) is 12.1 Å². The van der Waals surface area contributed by atoms with Gasteiger partial charge in [0.15, 0.2) is 6.61 Å². The summed E-state index contributed by atoms with van der Waals surface area (Å²) >= 11 is 0. The topological polar surface area (TPSA) is 142 Å². The summed E-state index contributed by atoms with van der Waals surface area (Å²) in [5.74, 6) is -2.24. The van der Waals surface area contributed by atoms with Crippen LogP contribution in [0.5, 0.6) is 11.5 Å². The van der Waals surface area contributed by atoms with Gasteiger partial charge in [-0.2, -0.15) is 0 Å². The number of rotatable bonds is 6. The van der Waals surface area contributed by atoms with Crippen molar-refractivity contribution in [3.05, 3.63) is 58.1 Å². The fourth-order valence-corrected chi connectivity index (χ4v) is 1.81. The van der Waals surface area contributed by atoms with Crippen LogP contribution in [0.1, 0.15) is 10.4 Å². The number of carboxylic acid groups (broad SMARTS) is 1. The number of nitro benzene ring substituents is 1. The second-order valence-electron chi connectivity index (χ2n) is 4.60. The Morgan fingerprint density at radius 2 is 1.83 bits per heavy atom. The van der Waals surface area contributed by atoms with E-state index >= 15 is 0 Å². The predicted molar refractivity (Wildman–Crippen MR) is 80.1 cm³/mol. The zero-order chi connectivity index (χ0) is 17.7. The second-order valence-corrected chi connectivity index (χ2v) is 4.60. The van der Waals surface area contributed by atoms with Gasteiger partial charge in [0.2, 0.25) is 0 Å². The lowest BCUT2D eigenvalue weighted by Crippen LogP contribution is -2.21. The third-order valence-corrected chi connectivity index (χ3v) is 2.91. The maximum atomic E-state index is 11.8. The molecule has 1 amide bonds. The molecule has 0 atom stereocenters. The molecule has 24 heavy (non-hydrogen) atoms. The van der Waals surface area contributed by atoms with E-state index in [0.29, 0.717) is 0 Å². The molecule has 0 spiro atoms. The van der Waals surface area contributed by atoms with Crippen molar-refractivity contribution in [2.75, 3.05) is 11.9 Å². The van der Waals surface area contributed by atoms with Crippen LogP contribution >= 0.6 is 0 Å². The summed E-state index contributed by atoms with van der Waals surface area (Å²) in [6.45, 7) is -0.435. The zero-order valence-electron chi connectivity index (χ0n) is 12.1. The second kappa shape index (κ2) is 7.09. The van der Waals surface area contributed by atoms with Crippen molar-refractivity contribution in [3.8, 4) is 11.5 Å². The minimum atomic E-state index is -1.35. The first-order chi connectivity index (χ1) is 11.4. The molecule has 0 saturated heterocycles. The Morgan fingerprint density at radius 3 is 2.42 bits per heavy atom. The van der Waals surface area contributed by atoms with Gasteiger partial charge in [-0.3, -0.25) is 14.9 Å². The fraction of sp³-hybridized carbons (Fsp3) is 0.0667. The molecule has 0 aromatic heterocycles. The first-order valence-electron chi connectivity index (χ1n) is 6.58. The highest BCUT2D eigenvalue weighted by atomic mass is 16.6. The number of aromatic carboxylic acids is 1. The number of carboxylic acids is 1. The standard InChI is InChI=1S/C15H12N2O7/c18-10-3-6-13(12(7-10)15(20)21)16-14(19)8-24-11-4-1-9(2-5-11)17(22)23/h1-7,18H,8H2,(H,16,19)(H,20,21)/p-1. The number of carbonyl (C=O) groups excluding carboxylic acids is 1. The lowest BCUT2D eigenvalue weighted by molar-refractivity contribution is -0.384. The average Bonchev–Trinajstić information content (AvgIpc) is 2.54. The normalized spacial score (nSPS) is 10.0. The summed E-state index contributed by atoms with van der Waals surface area (Å²) in [4.78, 5) is 32.8. The number of benzene rings is 2. The molecule has 2 N–H and O–H groups in total. The number of carbonyl (C=O) groups is 2. The summed E-state index contributed by atoms with van der Waals surface area (Å²) in [6.07, 6.45) is 0. The number of hydrogen-bond acceptors (Lipinski definition) is 6. The highest BCUT2D eigenvalue weighted by molar-refractivity contribution is 6.01. The van der Waals surface area contributed by atoms with Gasteiger partial charge in [0.1, 0.15) is 5.75 Å². The van der Waals surface area contributed by atoms with E-state index in [4.69, 9.17) is 9.84 Å². The number of anilines is 1. The van der Waals surface area contributed by atoms with E-state index in [0.717, 1.165) is 12.1 Å². The number of hydrogen-bond donors (Lipinski definition) is 2. The van der Waals surface area contributed by atoms with Crippen LogP contribution in [0, 0.1) is 10.1 Å². The van der Waals surface area contributed by atoms with Crippen LogP contribution < -0.4 is 15.2 Å². The van der Waals surface area contributed by atoms with Gasteiger partial charge in [0.25, 0.3) is 11.6 Å². The summed E-state index contributed by atoms with van der Waals surface area (Å²) in [5, 5.41) is 33.0. The zero-order valence-corrected chi connectivity index (χ0v) is 12.1. The molecule has 124 valence electrons. The summed E-state index contributed by atoms with van der Waals surface area (Å²) < 4.78 is 5.16. The molecule has 2 aromatic rings. The average molecular weight is 331 g/mol. The van der Waals surface area contributed by atoms with Crippen LogP contribution in [0.3, 0.4) is 0 Å². The van der Waals surface area contributed by atoms with E-state index in [1.54, 1.807) is 0 Å². The van der Waals surface area contributed by atoms with Crippen LogP contribution in [-0.2, 0) is 4.79 Å². The number of ether oxygens (including phenoxy) is 1. The molecule has 0 heterocycles. The molecule has 9 nitrogen and oxygen atoms in total. The number of nitrogens with zero attached hydrogens (tertiary/aromatic N) is 1. The molecule has 0 saturated carbocycles. The molecule has 0 unspecified atom stereocenters. The van der Waals surface area contributed by atoms with Crippen LogP contribution in [0.4, 0.5) is 11.4 Å². The van der Waals surface area contributed by atoms with Crippen LogP contribution in [0.15, 0.2) is 42.5 Å². The summed E-state index contributed by atoms with van der Waals surface area (Å²) in [7, 11) is 0. The van der Waals surface area contributed by atoms with Gasteiger partial charge >= 0.3 is 5.97 Å². The van der Waals surface area contributed by atoms with Crippen LogP contribution in [0.25, 0.3) is 0 Å². The van der Waals surface area contributed by atoms with Crippen molar-refractivity contribution in [2.24, 2.45) is 0 Å². The molecular weight excluding hydrogens is 320 g/mol. The van der Waals surface area contributed by atoms with Crippen molar-refractivity contribution < 1.29 is 29.5 Å². The summed E-state index contributed by atoms with van der Waals surface area (Å²) in [6, 6.07) is 8.33. The number of nitrogens with one attached hydrogen (secondary N) is 1. The van der Waals surface area contributed by atoms with Crippen LogP contribution in [0.2, 0.25) is 0 Å². The molecule has 2 aromatic carbocycles. The smallest absolute Gasteiger partial charge is 0.337 e. The third-order valence-electron chi connectivity index (χ3n) is 2.91. The number of nitro groups is 1. The SMILES string of the molecule is O=C(COc1ccc([N+](=O)[O-])cc1)Nc1ccc([O-])cc1C(=O)O. The quantitative estimate of drug-likeness (QED) is 0.601. The molecular formula is C15H11N2O7-. The van der Waals surface area contributed by atoms with E-state index < -0.39 is 29.2 Å². The minimum Gasteiger partial charge on any atom is -0.872 e. The molecule has 0 aliphatic rings. The van der Waals surface area contributed by atoms with Gasteiger partial charge in [-0.15, -0.1) is 5.75 Å². The van der Waals surface area contributed by atoms with Crippen molar-refractivity contribution in [2.45, 2.75) is 0 Å². The Balaban J connectivity index is 1.99. The molecule has 2 rings (SSSR count). The Bertz CT molecular complexity index is 787. The molecule has 0 radical (unpaired) electrons. The molecule has 0 bridgehead atoms. The molecule has 0 fully saturated rings. The minimum absolute atomic E-state index is 0.0283. The van der Waals surface area contributed by atoms with Gasteiger partial charge < -0.3 is 20.3 Å². The van der Waals surface area contributed by atoms with Gasteiger partial charge in [0.05, 0.1) is 16.2 Å². The largest absolute Gasteiger partial charge is 0.872 e. The Hall–Kier alpha value is -3.62. The predicted octanol–water partition coefficient (Wildman–Crippen LogP) is 1.38. The molecule has 9 heteroatoms. The lowest BCUT2D eigenvalue weighted by atomic mass is 10.1. The Labute approximate surface area is 135 Å². The van der Waals surface area contributed by atoms with Crippen molar-refractivity contribution >= 4 is 23.3 Å². The first kappa shape index (κ1) is 16.7. The van der Waals surface area contributed by atoms with Gasteiger partial charge in [-0.25, -0.2) is 4.79 Å². The molecule has 0 aliphatic heterocycles. The molecule has 0 aliphatic carbocycles. The van der Waals surface area contributed by atoms with Gasteiger partial charge in [-0.05, 0) is 18.2 Å². The lowest BCUT2D eigenvalue weighted by Gasteiger charge is -2.12. The van der Waals surface area contributed by atoms with E-state index in [2.05, 4.69) is 5.32 Å². The van der Waals surface area contributed by atoms with Crippen LogP contribution in [-0.4, -0.2) is 28.5 Å². The number of non-ortho nitro benzene ring substituents is 1. The van der Waals surface area contributed by atoms with Gasteiger partial charge in [0, 0.05) is 12.1 Å². The van der Waals surface area contributed by atoms with Crippen molar-refractivity contribution in [1.82, 2.24) is 0 Å². The van der Waals surface area contributed by atoms with E-state index in [9.17, 15) is 24.8 Å². The highest BCUT2D eigenvalue weighted by Gasteiger charge is 2.12. The highest BCUT2D eigenvalue weighted by Crippen LogP contribution is 2.20. The summed E-state index contributed by atoms with van der Waals surface area (Å²) in [5.41, 5.74) is -0.471. The van der Waals surface area contributed by atoms with E-state index in [-0.39, 0.29) is 22.7 Å². The first-order valence-corrected chi connectivity index (χ1v) is 6.58. The monoisotopic (exact) mass is 331 g/mol. The maximum absolute atomic E-state index is 11.8. The third kappa shape index (κ3) is 4.19. The fourth-order valence-electron chi connectivity index (χ4n) is 1.81. The van der Waals surface area contributed by atoms with Crippen molar-refractivity contribution in [1.29, 1.82) is 0 Å². The maximum Gasteiger partial charge on any atom is 0.337 e. The number of amides is 1.